The van der Waals surface area contributed by atoms with Gasteiger partial charge in [-0.25, -0.2) is 0 Å². The van der Waals surface area contributed by atoms with Crippen LogP contribution in [-0.2, 0) is 25.5 Å². The Bertz CT molecular complexity index is 6350. The first-order chi connectivity index (χ1) is 52.8. The van der Waals surface area contributed by atoms with E-state index in [9.17, 15) is 0 Å². The third-order valence-corrected chi connectivity index (χ3v) is 22.7. The number of aromatic nitrogens is 5. The molecule has 5 aromatic heterocycles. The fourth-order valence-electron chi connectivity index (χ4n) is 16.8. The Balaban J connectivity index is 0.000000115. The van der Waals surface area contributed by atoms with E-state index >= 15 is 0 Å². The SMILES string of the molecule is CC(C)c1cc(-c2ccccc2)cc(C(C)C)c1-n1ccnc1-c1[c-]cccc1.[Ir].c1ccc(C2(c3cccc(-n4c5ccccc5c5ccccc54)c3)c3ccccc3Oc3ccccc32)cc1.c1ccc2c(c1)c1ccccc1n2-c1ccc2sc3ccc(-n4c5ccccc5c5ccccc54)cc3c2c1. The normalized spacial score (nSPS) is 12.3. The minimum Gasteiger partial charge on any atom is -0.457 e. The van der Waals surface area contributed by atoms with Crippen LogP contribution < -0.4 is 4.74 Å². The number of nitrogens with zero attached hydrogens (tertiary/aromatic N) is 5. The van der Waals surface area contributed by atoms with Gasteiger partial charge in [0.05, 0.1) is 44.3 Å². The van der Waals surface area contributed by atoms with Crippen molar-refractivity contribution in [3.05, 3.63) is 404 Å². The first kappa shape index (κ1) is 67.5. The minimum absolute atomic E-state index is 0. The molecule has 0 saturated carbocycles. The zero-order valence-corrected chi connectivity index (χ0v) is 63.4. The Morgan fingerprint density at radius 2 is 0.750 bits per heavy atom. The summed E-state index contributed by atoms with van der Waals surface area (Å²) in [5, 5.41) is 10.3. The number of fused-ring (bicyclic) bond motifs is 14. The van der Waals surface area contributed by atoms with E-state index in [1.54, 1.807) is 0 Å². The monoisotopic (exact) mass is 1590 g/mol. The van der Waals surface area contributed by atoms with Crippen molar-refractivity contribution in [1.29, 1.82) is 0 Å². The predicted molar refractivity (Wildman–Crippen MR) is 449 cm³/mol. The second kappa shape index (κ2) is 28.1. The Kier molecular flexibility index (Phi) is 17.6. The van der Waals surface area contributed by atoms with Gasteiger partial charge in [0.2, 0.25) is 0 Å². The number of imidazole rings is 1. The Morgan fingerprint density at radius 1 is 0.352 bits per heavy atom. The average molecular weight is 1590 g/mol. The van der Waals surface area contributed by atoms with Crippen LogP contribution in [0.1, 0.15) is 72.9 Å². The minimum atomic E-state index is -0.540. The first-order valence-electron chi connectivity index (χ1n) is 37.0. The van der Waals surface area contributed by atoms with Gasteiger partial charge in [-0.3, -0.25) is 4.98 Å². The molecule has 1 radical (unpaired) electrons. The molecule has 6 nitrogen and oxygen atoms in total. The molecule has 8 heteroatoms. The predicted octanol–water partition coefficient (Wildman–Crippen LogP) is 26.8. The number of rotatable bonds is 10. The maximum Gasteiger partial charge on any atom is 0.132 e. The molecule has 0 N–H and O–H groups in total. The third kappa shape index (κ3) is 11.4. The van der Waals surface area contributed by atoms with Crippen LogP contribution in [0, 0.1) is 6.07 Å². The largest absolute Gasteiger partial charge is 0.457 e. The van der Waals surface area contributed by atoms with Crippen molar-refractivity contribution in [2.24, 2.45) is 0 Å². The molecule has 0 aliphatic carbocycles. The van der Waals surface area contributed by atoms with Gasteiger partial charge in [-0.05, 0) is 154 Å². The number of hydrogen-bond donors (Lipinski definition) is 0. The molecular weight excluding hydrogens is 1510 g/mol. The van der Waals surface area contributed by atoms with Gasteiger partial charge in [-0.1, -0.05) is 246 Å². The van der Waals surface area contributed by atoms with Crippen LogP contribution in [0.2, 0.25) is 0 Å². The molecule has 0 atom stereocenters. The van der Waals surface area contributed by atoms with E-state index in [0.29, 0.717) is 11.8 Å². The summed E-state index contributed by atoms with van der Waals surface area (Å²) in [6.07, 6.45) is 3.96. The molecule has 21 rings (SSSR count). The topological polar surface area (TPSA) is 41.8 Å². The van der Waals surface area contributed by atoms with Crippen LogP contribution in [-0.4, -0.2) is 23.3 Å². The van der Waals surface area contributed by atoms with E-state index in [1.807, 2.05) is 35.7 Å². The molecule has 0 fully saturated rings. The van der Waals surface area contributed by atoms with Gasteiger partial charge in [0.25, 0.3) is 0 Å². The molecule has 6 heterocycles. The summed E-state index contributed by atoms with van der Waals surface area (Å²) in [6, 6.07) is 130. The van der Waals surface area contributed by atoms with Gasteiger partial charge in [0.15, 0.2) is 0 Å². The molecule has 0 saturated heterocycles. The van der Waals surface area contributed by atoms with Gasteiger partial charge in [-0.15, -0.1) is 47.2 Å². The van der Waals surface area contributed by atoms with Crippen LogP contribution in [0.5, 0.6) is 11.5 Å². The molecule has 0 unspecified atom stereocenters. The van der Waals surface area contributed by atoms with Crippen LogP contribution in [0.4, 0.5) is 0 Å². The number of para-hydroxylation sites is 8. The Labute approximate surface area is 645 Å². The zero-order valence-electron chi connectivity index (χ0n) is 60.2. The Hall–Kier alpha value is -12.4. The number of thiophene rings is 1. The van der Waals surface area contributed by atoms with Gasteiger partial charge in [-0.2, -0.15) is 0 Å². The van der Waals surface area contributed by atoms with E-state index < -0.39 is 5.41 Å². The zero-order chi connectivity index (χ0) is 71.7. The molecule has 0 amide bonds. The van der Waals surface area contributed by atoms with Crippen molar-refractivity contribution in [3.8, 4) is 56.8 Å². The molecule has 20 aromatic rings. The molecule has 1 aliphatic rings. The van der Waals surface area contributed by atoms with Crippen molar-refractivity contribution in [2.75, 3.05) is 0 Å². The number of hydrogen-bond acceptors (Lipinski definition) is 3. The maximum atomic E-state index is 6.49. The van der Waals surface area contributed by atoms with Crippen molar-refractivity contribution in [1.82, 2.24) is 23.3 Å². The van der Waals surface area contributed by atoms with Crippen molar-refractivity contribution in [3.63, 3.8) is 0 Å². The summed E-state index contributed by atoms with van der Waals surface area (Å²) < 4.78 is 18.6. The van der Waals surface area contributed by atoms with E-state index in [2.05, 4.69) is 397 Å². The summed E-state index contributed by atoms with van der Waals surface area (Å²) in [5.41, 5.74) is 22.5. The standard InChI is InChI=1S/C37H25NO.C36H22N2S.C27H27N2.Ir/c1-2-13-26(14-3-1)37(31-19-6-10-23-35(31)39-36-24-11-7-20-32(36)37)27-15-12-16-28(25-27)38-33-21-8-4-17-29(33)30-18-5-9-22-34(30)38;1-5-13-31-25(9-1)26-10-2-6-14-32(26)37(31)23-17-19-35-29(21-23)30-22-24(18-20-36(30)39-35)38-33-15-7-3-11-27(33)28-12-4-8-16-34(28)38;1-19(2)24-17-23(21-11-7-5-8-12-21)18-25(20(3)4)26(24)29-16-15-28-27(29)22-13-9-6-10-14-22;/h1-25H;1-22H;5-13,15-20H,1-4H3;/q;;-1;. The summed E-state index contributed by atoms with van der Waals surface area (Å²) in [6.45, 7) is 9.07. The van der Waals surface area contributed by atoms with Gasteiger partial charge in [0, 0.05) is 119 Å². The molecule has 1 aliphatic heterocycles. The smallest absolute Gasteiger partial charge is 0.132 e. The van der Waals surface area contributed by atoms with E-state index in [-0.39, 0.29) is 20.1 Å². The molecule has 0 spiro atoms. The molecule has 521 valence electrons. The van der Waals surface area contributed by atoms with Crippen molar-refractivity contribution < 1.29 is 24.8 Å². The maximum absolute atomic E-state index is 6.49. The third-order valence-electron chi connectivity index (χ3n) is 21.6. The molecule has 108 heavy (non-hydrogen) atoms. The van der Waals surface area contributed by atoms with Crippen LogP contribution >= 0.6 is 11.3 Å². The van der Waals surface area contributed by atoms with Gasteiger partial charge >= 0.3 is 0 Å². The second-order valence-corrected chi connectivity index (χ2v) is 29.5. The fourth-order valence-corrected chi connectivity index (χ4v) is 17.9. The van der Waals surface area contributed by atoms with Gasteiger partial charge in [0.1, 0.15) is 11.5 Å². The Morgan fingerprint density at radius 3 is 1.19 bits per heavy atom. The summed E-state index contributed by atoms with van der Waals surface area (Å²) >= 11 is 1.87. The van der Waals surface area contributed by atoms with E-state index in [4.69, 9.17) is 4.74 Å². The fraction of sp³-hybridized carbons (Fsp3) is 0.0700. The molecular formula is C100H74IrN5OS-. The number of benzene rings is 15. The van der Waals surface area contributed by atoms with Crippen molar-refractivity contribution in [2.45, 2.75) is 44.9 Å². The average Bonchev–Trinajstić information content (AvgIpc) is 1.35. The van der Waals surface area contributed by atoms with E-state index in [1.165, 1.54) is 136 Å². The van der Waals surface area contributed by atoms with Crippen LogP contribution in [0.25, 0.3) is 131 Å². The molecule has 0 bridgehead atoms. The summed E-state index contributed by atoms with van der Waals surface area (Å²) in [4.78, 5) is 4.68. The summed E-state index contributed by atoms with van der Waals surface area (Å²) in [5.74, 6) is 3.49. The van der Waals surface area contributed by atoms with Crippen molar-refractivity contribution >= 4 is 96.9 Å². The summed E-state index contributed by atoms with van der Waals surface area (Å²) in [7, 11) is 0. The van der Waals surface area contributed by atoms with Crippen LogP contribution in [0.3, 0.4) is 0 Å². The molecule has 15 aromatic carbocycles. The number of ether oxygens (including phenoxy) is 1. The van der Waals surface area contributed by atoms with Gasteiger partial charge < -0.3 is 23.0 Å². The second-order valence-electron chi connectivity index (χ2n) is 28.4. The van der Waals surface area contributed by atoms with E-state index in [0.717, 1.165) is 39.7 Å². The van der Waals surface area contributed by atoms with Crippen LogP contribution in [0.15, 0.2) is 364 Å². The quantitative estimate of drug-likeness (QED) is 0.128. The first-order valence-corrected chi connectivity index (χ1v) is 37.8.